The van der Waals surface area contributed by atoms with Gasteiger partial charge < -0.3 is 15.0 Å². The van der Waals surface area contributed by atoms with Crippen molar-refractivity contribution in [3.8, 4) is 6.07 Å². The van der Waals surface area contributed by atoms with Crippen molar-refractivity contribution < 1.29 is 9.53 Å². The molecule has 2 fully saturated rings. The quantitative estimate of drug-likeness (QED) is 0.564. The molecule has 2 aliphatic heterocycles. The average molecular weight is 487 g/mol. The zero-order valence-corrected chi connectivity index (χ0v) is 20.5. The van der Waals surface area contributed by atoms with E-state index in [0.29, 0.717) is 17.7 Å². The van der Waals surface area contributed by atoms with Crippen molar-refractivity contribution in [1.29, 1.82) is 5.26 Å². The molecule has 1 aliphatic carbocycles. The number of aryl methyl sites for hydroxylation is 1. The highest BCUT2D eigenvalue weighted by Gasteiger charge is 2.26. The zero-order chi connectivity index (χ0) is 22.6. The van der Waals surface area contributed by atoms with Gasteiger partial charge in [0.2, 0.25) is 11.9 Å². The summed E-state index contributed by atoms with van der Waals surface area (Å²) in [7, 11) is 0. The SMILES string of the molecule is N#Cc1c(NC(=O)CCSc2nnc(N3CCCC3)n2C[C@@H]2CCCO2)sc2c1CCCC2. The predicted octanol–water partition coefficient (Wildman–Crippen LogP) is 3.99. The molecule has 0 aromatic carbocycles. The van der Waals surface area contributed by atoms with Crippen LogP contribution in [0.25, 0.3) is 0 Å². The molecule has 0 radical (unpaired) electrons. The van der Waals surface area contributed by atoms with Gasteiger partial charge in [-0.15, -0.1) is 21.5 Å². The van der Waals surface area contributed by atoms with Crippen LogP contribution in [0.5, 0.6) is 0 Å². The number of aromatic nitrogens is 3. The maximum absolute atomic E-state index is 12.7. The van der Waals surface area contributed by atoms with Gasteiger partial charge >= 0.3 is 0 Å². The molecule has 4 heterocycles. The number of rotatable bonds is 8. The molecule has 1 amide bonds. The molecule has 2 saturated heterocycles. The molecule has 2 aromatic rings. The minimum absolute atomic E-state index is 0.0532. The summed E-state index contributed by atoms with van der Waals surface area (Å²) in [5, 5.41) is 23.1. The Labute approximate surface area is 202 Å². The molecule has 0 spiro atoms. The molecule has 1 atom stereocenters. The van der Waals surface area contributed by atoms with Gasteiger partial charge in [-0.3, -0.25) is 9.36 Å². The third-order valence-electron chi connectivity index (χ3n) is 6.59. The topological polar surface area (TPSA) is 96.1 Å². The maximum Gasteiger partial charge on any atom is 0.228 e. The number of hydrogen-bond donors (Lipinski definition) is 1. The van der Waals surface area contributed by atoms with Crippen LogP contribution in [0.1, 0.15) is 60.9 Å². The average Bonchev–Trinajstić information content (AvgIpc) is 3.61. The number of carbonyl (C=O) groups is 1. The van der Waals surface area contributed by atoms with Gasteiger partial charge in [0.05, 0.1) is 18.2 Å². The molecule has 3 aliphatic rings. The first-order chi connectivity index (χ1) is 16.2. The Kier molecular flexibility index (Phi) is 7.19. The van der Waals surface area contributed by atoms with E-state index in [2.05, 4.69) is 31.1 Å². The maximum atomic E-state index is 12.7. The Morgan fingerprint density at radius 1 is 1.21 bits per heavy atom. The minimum Gasteiger partial charge on any atom is -0.376 e. The Hall–Kier alpha value is -2.09. The fourth-order valence-corrected chi connectivity index (χ4v) is 7.02. The van der Waals surface area contributed by atoms with Crippen LogP contribution in [0.3, 0.4) is 0 Å². The highest BCUT2D eigenvalue weighted by Crippen LogP contribution is 2.37. The molecule has 0 unspecified atom stereocenters. The highest BCUT2D eigenvalue weighted by atomic mass is 32.2. The van der Waals surface area contributed by atoms with Crippen molar-refractivity contribution in [3.63, 3.8) is 0 Å². The van der Waals surface area contributed by atoms with E-state index in [0.717, 1.165) is 86.4 Å². The van der Waals surface area contributed by atoms with Crippen LogP contribution in [0.15, 0.2) is 5.16 Å². The van der Waals surface area contributed by atoms with Gasteiger partial charge in [0.25, 0.3) is 0 Å². The molecule has 8 nitrogen and oxygen atoms in total. The standard InChI is InChI=1S/C23H30N6O2S2/c24-14-18-17-7-1-2-8-19(17)33-21(18)25-20(30)9-13-32-23-27-26-22(28-10-3-4-11-28)29(23)15-16-6-5-12-31-16/h16H,1-13,15H2,(H,25,30)/t16-/m0/s1. The second kappa shape index (κ2) is 10.5. The van der Waals surface area contributed by atoms with Crippen molar-refractivity contribution in [1.82, 2.24) is 14.8 Å². The first-order valence-electron chi connectivity index (χ1n) is 12.0. The second-order valence-electron chi connectivity index (χ2n) is 8.90. The van der Waals surface area contributed by atoms with Gasteiger partial charge in [0, 0.05) is 36.7 Å². The molecule has 176 valence electrons. The van der Waals surface area contributed by atoms with E-state index in [1.54, 1.807) is 23.1 Å². The van der Waals surface area contributed by atoms with Crippen molar-refractivity contribution >= 4 is 40.0 Å². The van der Waals surface area contributed by atoms with Crippen LogP contribution < -0.4 is 10.2 Å². The fraction of sp³-hybridized carbons (Fsp3) is 0.652. The molecule has 0 bridgehead atoms. The van der Waals surface area contributed by atoms with Crippen molar-refractivity contribution in [2.24, 2.45) is 0 Å². The summed E-state index contributed by atoms with van der Waals surface area (Å²) in [5.74, 6) is 1.49. The van der Waals surface area contributed by atoms with Gasteiger partial charge in [0.1, 0.15) is 11.1 Å². The summed E-state index contributed by atoms with van der Waals surface area (Å²) < 4.78 is 8.06. The summed E-state index contributed by atoms with van der Waals surface area (Å²) in [6.45, 7) is 3.62. The number of amides is 1. The lowest BCUT2D eigenvalue weighted by Gasteiger charge is -2.20. The summed E-state index contributed by atoms with van der Waals surface area (Å²) in [6.07, 6.45) is 9.35. The first-order valence-corrected chi connectivity index (χ1v) is 13.8. The van der Waals surface area contributed by atoms with E-state index in [9.17, 15) is 10.1 Å². The normalized spacial score (nSPS) is 20.1. The van der Waals surface area contributed by atoms with Crippen molar-refractivity contribution in [2.45, 2.75) is 75.6 Å². The Morgan fingerprint density at radius 3 is 2.85 bits per heavy atom. The Morgan fingerprint density at radius 2 is 2.06 bits per heavy atom. The number of nitrogens with one attached hydrogen (secondary N) is 1. The van der Waals surface area contributed by atoms with E-state index < -0.39 is 0 Å². The lowest BCUT2D eigenvalue weighted by Crippen LogP contribution is -2.25. The lowest BCUT2D eigenvalue weighted by atomic mass is 9.96. The van der Waals surface area contributed by atoms with Crippen LogP contribution >= 0.6 is 23.1 Å². The Bertz CT molecular complexity index is 1030. The van der Waals surface area contributed by atoms with Gasteiger partial charge in [-0.1, -0.05) is 11.8 Å². The number of nitriles is 1. The fourth-order valence-electron chi connectivity index (χ4n) is 4.89. The third-order valence-corrected chi connectivity index (χ3v) is 8.77. The second-order valence-corrected chi connectivity index (χ2v) is 11.1. The van der Waals surface area contributed by atoms with Crippen LogP contribution in [-0.2, 0) is 28.9 Å². The number of thioether (sulfide) groups is 1. The largest absolute Gasteiger partial charge is 0.376 e. The first kappa shape index (κ1) is 22.7. The highest BCUT2D eigenvalue weighted by molar-refractivity contribution is 7.99. The number of ether oxygens (including phenoxy) is 1. The molecule has 5 rings (SSSR count). The number of carbonyl (C=O) groups excluding carboxylic acids is 1. The van der Waals surface area contributed by atoms with Gasteiger partial charge in [-0.05, 0) is 56.9 Å². The summed E-state index contributed by atoms with van der Waals surface area (Å²) in [4.78, 5) is 16.2. The number of hydrogen-bond acceptors (Lipinski definition) is 8. The zero-order valence-electron chi connectivity index (χ0n) is 18.8. The monoisotopic (exact) mass is 486 g/mol. The van der Waals surface area contributed by atoms with Crippen molar-refractivity contribution in [3.05, 3.63) is 16.0 Å². The number of anilines is 2. The molecular formula is C23H30N6O2S2. The number of thiophene rings is 1. The van der Waals surface area contributed by atoms with Crippen LogP contribution in [0, 0.1) is 11.3 Å². The number of fused-ring (bicyclic) bond motifs is 1. The van der Waals surface area contributed by atoms with E-state index >= 15 is 0 Å². The van der Waals surface area contributed by atoms with Crippen LogP contribution in [0.2, 0.25) is 0 Å². The molecule has 1 N–H and O–H groups in total. The minimum atomic E-state index is -0.0532. The van der Waals surface area contributed by atoms with Gasteiger partial charge in [-0.2, -0.15) is 5.26 Å². The summed E-state index contributed by atoms with van der Waals surface area (Å²) >= 11 is 3.15. The molecule has 0 saturated carbocycles. The van der Waals surface area contributed by atoms with E-state index in [1.165, 1.54) is 17.7 Å². The van der Waals surface area contributed by atoms with Crippen LogP contribution in [-0.4, -0.2) is 52.2 Å². The lowest BCUT2D eigenvalue weighted by molar-refractivity contribution is -0.115. The van der Waals surface area contributed by atoms with Gasteiger partial charge in [-0.25, -0.2) is 0 Å². The van der Waals surface area contributed by atoms with E-state index in [1.807, 2.05) is 0 Å². The smallest absolute Gasteiger partial charge is 0.228 e. The molecular weight excluding hydrogens is 456 g/mol. The molecule has 10 heteroatoms. The molecule has 33 heavy (non-hydrogen) atoms. The summed E-state index contributed by atoms with van der Waals surface area (Å²) in [5.41, 5.74) is 1.82. The van der Waals surface area contributed by atoms with Crippen LogP contribution in [0.4, 0.5) is 10.9 Å². The van der Waals surface area contributed by atoms with Gasteiger partial charge in [0.15, 0.2) is 5.16 Å². The summed E-state index contributed by atoms with van der Waals surface area (Å²) in [6, 6.07) is 2.31. The Balaban J connectivity index is 1.21. The number of nitrogens with zero attached hydrogens (tertiary/aromatic N) is 5. The molecule has 2 aromatic heterocycles. The van der Waals surface area contributed by atoms with Crippen molar-refractivity contribution in [2.75, 3.05) is 35.7 Å². The van der Waals surface area contributed by atoms with E-state index in [-0.39, 0.29) is 12.0 Å². The predicted molar refractivity (Wildman–Crippen MR) is 130 cm³/mol. The van der Waals surface area contributed by atoms with E-state index in [4.69, 9.17) is 4.74 Å². The third kappa shape index (κ3) is 5.05.